The van der Waals surface area contributed by atoms with Gasteiger partial charge in [-0.25, -0.2) is 0 Å². The van der Waals surface area contributed by atoms with E-state index in [1.807, 2.05) is 0 Å². The zero-order chi connectivity index (χ0) is 9.45. The Hall–Kier alpha value is -1.05. The summed E-state index contributed by atoms with van der Waals surface area (Å²) in [4.78, 5) is 7.44. The Morgan fingerprint density at radius 3 is 1.50 bits per heavy atom. The van der Waals surface area contributed by atoms with Crippen molar-refractivity contribution in [3.63, 3.8) is 0 Å². The Kier molecular flexibility index (Phi) is 5.09. The van der Waals surface area contributed by atoms with E-state index in [-0.39, 0.29) is 0 Å². The van der Waals surface area contributed by atoms with Crippen molar-refractivity contribution in [3.05, 3.63) is 24.8 Å². The van der Waals surface area contributed by atoms with Gasteiger partial charge in [0.25, 0.3) is 0 Å². The van der Waals surface area contributed by atoms with Crippen LogP contribution in [0, 0.1) is 0 Å². The monoisotopic (exact) mass is 192 g/mol. The molecule has 1 heterocycles. The van der Waals surface area contributed by atoms with Gasteiger partial charge in [-0.2, -0.15) is 8.42 Å². The fourth-order valence-corrected chi connectivity index (χ4v) is 0.253. The van der Waals surface area contributed by atoms with Gasteiger partial charge in [-0.15, -0.1) is 0 Å². The van der Waals surface area contributed by atoms with Crippen molar-refractivity contribution in [2.24, 2.45) is 0 Å². The predicted octanol–water partition coefficient (Wildman–Crippen LogP) is -0.0878. The van der Waals surface area contributed by atoms with E-state index >= 15 is 0 Å². The van der Waals surface area contributed by atoms with Gasteiger partial charge in [0.1, 0.15) is 0 Å². The van der Waals surface area contributed by atoms with Crippen molar-refractivity contribution < 1.29 is 17.2 Å². The molecular weight excluding hydrogens is 184 g/mol. The summed E-state index contributed by atoms with van der Waals surface area (Å²) in [6, 6.07) is 0. The Morgan fingerprint density at radius 1 is 1.17 bits per heavy atom. The van der Waals surface area contributed by atoms with Gasteiger partial charge in [-0.05, 0) is 0 Å². The minimum absolute atomic E-state index is 0.870. The quantitative estimate of drug-likeness (QED) is 0.625. The van der Waals surface area contributed by atoms with Crippen molar-refractivity contribution in [1.82, 2.24) is 9.97 Å². The maximum atomic E-state index is 9.33. The highest BCUT2D eigenvalue weighted by atomic mass is 32.3. The van der Waals surface area contributed by atoms with Crippen molar-refractivity contribution >= 4 is 10.4 Å². The first-order chi connectivity index (χ1) is 5.56. The minimum Gasteiger partial charge on any atom is -0.264 e. The molecule has 0 aliphatic carbocycles. The summed E-state index contributed by atoms with van der Waals surface area (Å²) in [6.07, 6.45) is 6.56. The molecule has 0 saturated carbocycles. The summed E-state index contributed by atoms with van der Waals surface area (Å²) < 4.78 is 29.7. The maximum Gasteiger partial charge on any atom is 0.397 e. The van der Waals surface area contributed by atoms with Crippen molar-refractivity contribution in [2.75, 3.05) is 7.11 Å². The molecule has 1 aromatic rings. The lowest BCUT2D eigenvalue weighted by atomic mass is 10.8. The van der Waals surface area contributed by atoms with E-state index in [0.29, 0.717) is 0 Å². The van der Waals surface area contributed by atoms with Crippen LogP contribution in [0.25, 0.3) is 0 Å². The minimum atomic E-state index is -4.16. The number of hydrogen-bond donors (Lipinski definition) is 1. The zero-order valence-electron chi connectivity index (χ0n) is 6.28. The Bertz CT molecular complexity index is 259. The predicted molar refractivity (Wildman–Crippen MR) is 40.6 cm³/mol. The lowest BCUT2D eigenvalue weighted by Gasteiger charge is -1.82. The molecular formula is C5H8N2O4S. The fourth-order valence-electron chi connectivity index (χ4n) is 0.253. The number of rotatable bonds is 1. The van der Waals surface area contributed by atoms with E-state index < -0.39 is 10.4 Å². The van der Waals surface area contributed by atoms with Gasteiger partial charge in [0.05, 0.1) is 7.11 Å². The topological polar surface area (TPSA) is 89.4 Å². The third-order valence-corrected chi connectivity index (χ3v) is 1.11. The molecule has 0 saturated heterocycles. The highest BCUT2D eigenvalue weighted by Crippen LogP contribution is 1.74. The smallest absolute Gasteiger partial charge is 0.264 e. The molecule has 12 heavy (non-hydrogen) atoms. The molecule has 1 rings (SSSR count). The third kappa shape index (κ3) is 8.95. The average molecular weight is 192 g/mol. The second kappa shape index (κ2) is 5.58. The highest BCUT2D eigenvalue weighted by Gasteiger charge is 1.93. The molecule has 0 fully saturated rings. The summed E-state index contributed by atoms with van der Waals surface area (Å²) in [7, 11) is -3.29. The van der Waals surface area contributed by atoms with Crippen LogP contribution in [0.15, 0.2) is 24.8 Å². The molecule has 0 unspecified atom stereocenters. The first-order valence-electron chi connectivity index (χ1n) is 2.79. The second-order valence-corrected chi connectivity index (χ2v) is 2.68. The molecule has 0 aliphatic rings. The molecule has 68 valence electrons. The van der Waals surface area contributed by atoms with Crippen LogP contribution in [0.2, 0.25) is 0 Å². The van der Waals surface area contributed by atoms with E-state index in [2.05, 4.69) is 14.2 Å². The molecule has 0 amide bonds. The molecule has 7 heteroatoms. The van der Waals surface area contributed by atoms with Gasteiger partial charge < -0.3 is 0 Å². The first kappa shape index (κ1) is 11.0. The standard InChI is InChI=1S/C4H4N2.CH4O4S/c1-2-6-4-3-5-1;1-5-6(2,3)4/h1-4H;1H3,(H,2,3,4). The van der Waals surface area contributed by atoms with Gasteiger partial charge in [0.2, 0.25) is 0 Å². The zero-order valence-corrected chi connectivity index (χ0v) is 7.10. The summed E-state index contributed by atoms with van der Waals surface area (Å²) in [5.41, 5.74) is 0. The summed E-state index contributed by atoms with van der Waals surface area (Å²) in [6.45, 7) is 0. The van der Waals surface area contributed by atoms with Crippen LogP contribution in [0.1, 0.15) is 0 Å². The van der Waals surface area contributed by atoms with E-state index in [1.54, 1.807) is 24.8 Å². The maximum absolute atomic E-state index is 9.33. The van der Waals surface area contributed by atoms with E-state index in [4.69, 9.17) is 4.55 Å². The van der Waals surface area contributed by atoms with Crippen molar-refractivity contribution in [3.8, 4) is 0 Å². The van der Waals surface area contributed by atoms with Gasteiger partial charge >= 0.3 is 10.4 Å². The van der Waals surface area contributed by atoms with Crippen LogP contribution in [0.4, 0.5) is 0 Å². The van der Waals surface area contributed by atoms with Gasteiger partial charge in [0.15, 0.2) is 0 Å². The Balaban J connectivity index is 0.000000202. The molecule has 1 N–H and O–H groups in total. The van der Waals surface area contributed by atoms with Gasteiger partial charge in [-0.1, -0.05) is 0 Å². The number of nitrogens with zero attached hydrogens (tertiary/aromatic N) is 2. The van der Waals surface area contributed by atoms with E-state index in [9.17, 15) is 8.42 Å². The van der Waals surface area contributed by atoms with Gasteiger partial charge in [-0.3, -0.25) is 18.7 Å². The second-order valence-electron chi connectivity index (χ2n) is 1.49. The lowest BCUT2D eigenvalue weighted by molar-refractivity contribution is 0.324. The summed E-state index contributed by atoms with van der Waals surface area (Å²) >= 11 is 0. The van der Waals surface area contributed by atoms with Gasteiger partial charge in [0, 0.05) is 24.8 Å². The molecule has 0 spiro atoms. The third-order valence-electron chi connectivity index (χ3n) is 0.688. The summed E-state index contributed by atoms with van der Waals surface area (Å²) in [5.74, 6) is 0. The van der Waals surface area contributed by atoms with Crippen LogP contribution < -0.4 is 0 Å². The van der Waals surface area contributed by atoms with Crippen LogP contribution in [0.3, 0.4) is 0 Å². The molecule has 1 aromatic heterocycles. The van der Waals surface area contributed by atoms with E-state index in [1.165, 1.54) is 0 Å². The van der Waals surface area contributed by atoms with E-state index in [0.717, 1.165) is 7.11 Å². The summed E-state index contributed by atoms with van der Waals surface area (Å²) in [5, 5.41) is 0. The Morgan fingerprint density at radius 2 is 1.42 bits per heavy atom. The molecule has 0 radical (unpaired) electrons. The molecule has 6 nitrogen and oxygen atoms in total. The van der Waals surface area contributed by atoms with Crippen LogP contribution >= 0.6 is 0 Å². The molecule has 0 atom stereocenters. The molecule has 0 aliphatic heterocycles. The SMILES string of the molecule is COS(=O)(=O)O.c1cnccn1. The van der Waals surface area contributed by atoms with Crippen molar-refractivity contribution in [1.29, 1.82) is 0 Å². The van der Waals surface area contributed by atoms with Crippen molar-refractivity contribution in [2.45, 2.75) is 0 Å². The fraction of sp³-hybridized carbons (Fsp3) is 0.200. The lowest BCUT2D eigenvalue weighted by Crippen LogP contribution is -1.96. The van der Waals surface area contributed by atoms with Crippen LogP contribution in [-0.2, 0) is 14.6 Å². The average Bonchev–Trinajstić information content (AvgIpc) is 2.07. The Labute approximate surface area is 70.2 Å². The van der Waals surface area contributed by atoms with Crippen LogP contribution in [-0.4, -0.2) is 30.0 Å². The first-order valence-corrected chi connectivity index (χ1v) is 4.16. The number of hydrogen-bond acceptors (Lipinski definition) is 5. The number of aromatic nitrogens is 2. The molecule has 0 aromatic carbocycles. The largest absolute Gasteiger partial charge is 0.397 e. The normalized spacial score (nSPS) is 9.83. The highest BCUT2D eigenvalue weighted by molar-refractivity contribution is 7.80. The molecule has 0 bridgehead atoms. The van der Waals surface area contributed by atoms with Crippen LogP contribution in [0.5, 0.6) is 0 Å².